The summed E-state index contributed by atoms with van der Waals surface area (Å²) in [6.07, 6.45) is 2.64. The summed E-state index contributed by atoms with van der Waals surface area (Å²) in [5, 5.41) is 8.47. The smallest absolute Gasteiger partial charge is 0.247 e. The van der Waals surface area contributed by atoms with Gasteiger partial charge in [-0.25, -0.2) is 8.42 Å². The molecule has 7 heteroatoms. The highest BCUT2D eigenvalue weighted by molar-refractivity contribution is 7.89. The molecule has 1 saturated heterocycles. The van der Waals surface area contributed by atoms with Crippen molar-refractivity contribution in [3.05, 3.63) is 66.6 Å². The summed E-state index contributed by atoms with van der Waals surface area (Å²) in [6.45, 7) is 1.07. The Morgan fingerprint density at radius 1 is 0.929 bits per heavy atom. The van der Waals surface area contributed by atoms with Crippen molar-refractivity contribution in [3.63, 3.8) is 0 Å². The lowest BCUT2D eigenvalue weighted by atomic mass is 9.92. The van der Waals surface area contributed by atoms with E-state index in [-0.39, 0.29) is 11.3 Å². The molecule has 144 valence electrons. The van der Waals surface area contributed by atoms with Gasteiger partial charge in [-0.3, -0.25) is 0 Å². The molecule has 1 saturated carbocycles. The Kier molecular flexibility index (Phi) is 4.10. The molecule has 0 amide bonds. The fourth-order valence-corrected chi connectivity index (χ4v) is 5.70. The van der Waals surface area contributed by atoms with Crippen LogP contribution in [-0.2, 0) is 10.0 Å². The van der Waals surface area contributed by atoms with Crippen LogP contribution in [0.5, 0.6) is 0 Å². The maximum atomic E-state index is 12.8. The number of sulfonamides is 1. The fourth-order valence-electron chi connectivity index (χ4n) is 4.24. The number of hydrogen-bond donors (Lipinski definition) is 0. The minimum atomic E-state index is -3.42. The van der Waals surface area contributed by atoms with Crippen molar-refractivity contribution in [2.75, 3.05) is 13.1 Å². The first-order valence-electron chi connectivity index (χ1n) is 9.53. The fraction of sp³-hybridized carbons (Fsp3) is 0.333. The van der Waals surface area contributed by atoms with E-state index in [1.165, 1.54) is 0 Å². The average Bonchev–Trinajstić information content (AvgIpc) is 3.21. The summed E-state index contributed by atoms with van der Waals surface area (Å²) in [4.78, 5) is 0.364. The third-order valence-corrected chi connectivity index (χ3v) is 7.96. The van der Waals surface area contributed by atoms with Crippen LogP contribution in [0, 0.1) is 5.41 Å². The van der Waals surface area contributed by atoms with Crippen LogP contribution in [0.1, 0.15) is 31.1 Å². The Morgan fingerprint density at radius 3 is 2.25 bits per heavy atom. The van der Waals surface area contributed by atoms with Gasteiger partial charge in [0.1, 0.15) is 0 Å². The van der Waals surface area contributed by atoms with Crippen LogP contribution in [0.4, 0.5) is 0 Å². The third kappa shape index (κ3) is 2.95. The van der Waals surface area contributed by atoms with E-state index in [1.807, 2.05) is 36.4 Å². The Morgan fingerprint density at radius 2 is 1.57 bits per heavy atom. The monoisotopic (exact) mass is 395 g/mol. The third-order valence-electron chi connectivity index (χ3n) is 6.05. The molecule has 2 aliphatic rings. The molecular weight excluding hydrogens is 374 g/mol. The quantitative estimate of drug-likeness (QED) is 0.673. The van der Waals surface area contributed by atoms with Gasteiger partial charge in [-0.2, -0.15) is 4.31 Å². The molecule has 1 aliphatic heterocycles. The second kappa shape index (κ2) is 6.53. The van der Waals surface area contributed by atoms with Gasteiger partial charge >= 0.3 is 0 Å². The van der Waals surface area contributed by atoms with Crippen LogP contribution in [0.3, 0.4) is 0 Å². The zero-order valence-corrected chi connectivity index (χ0v) is 16.2. The zero-order valence-electron chi connectivity index (χ0n) is 15.4. The van der Waals surface area contributed by atoms with Crippen molar-refractivity contribution in [2.45, 2.75) is 30.1 Å². The van der Waals surface area contributed by atoms with E-state index in [2.05, 4.69) is 10.2 Å². The molecule has 2 fully saturated rings. The zero-order chi connectivity index (χ0) is 19.2. The molecule has 1 aliphatic carbocycles. The van der Waals surface area contributed by atoms with Crippen molar-refractivity contribution in [3.8, 4) is 11.5 Å². The highest BCUT2D eigenvalue weighted by Gasteiger charge is 2.58. The van der Waals surface area contributed by atoms with Crippen LogP contribution in [0.2, 0.25) is 0 Å². The standard InChI is InChI=1S/C21H21N3O3S/c25-28(26,17-9-5-2-6-10-17)24-13-11-21(12-14-24)15-18(21)20-23-22-19(27-20)16-7-3-1-4-8-16/h1-10,18H,11-15H2. The van der Waals surface area contributed by atoms with Crippen molar-refractivity contribution >= 4 is 10.0 Å². The van der Waals surface area contributed by atoms with Gasteiger partial charge in [-0.05, 0) is 48.9 Å². The molecule has 0 N–H and O–H groups in total. The predicted octanol–water partition coefficient (Wildman–Crippen LogP) is 3.70. The molecule has 5 rings (SSSR count). The Hall–Kier alpha value is -2.51. The van der Waals surface area contributed by atoms with E-state index in [0.717, 1.165) is 24.8 Å². The van der Waals surface area contributed by atoms with Gasteiger partial charge in [0.2, 0.25) is 21.8 Å². The molecule has 1 aromatic heterocycles. The summed E-state index contributed by atoms with van der Waals surface area (Å²) in [5.74, 6) is 1.46. The van der Waals surface area contributed by atoms with Crippen LogP contribution < -0.4 is 0 Å². The topological polar surface area (TPSA) is 76.3 Å². The second-order valence-electron chi connectivity index (χ2n) is 7.65. The SMILES string of the molecule is O=S(=O)(c1ccccc1)N1CCC2(CC1)CC2c1nnc(-c2ccccc2)o1. The summed E-state index contributed by atoms with van der Waals surface area (Å²) in [7, 11) is -3.42. The Bertz CT molecular complexity index is 1070. The number of benzene rings is 2. The molecule has 28 heavy (non-hydrogen) atoms. The molecular formula is C21H21N3O3S. The van der Waals surface area contributed by atoms with Crippen LogP contribution in [0.25, 0.3) is 11.5 Å². The lowest BCUT2D eigenvalue weighted by Crippen LogP contribution is -2.39. The maximum Gasteiger partial charge on any atom is 0.247 e. The first-order chi connectivity index (χ1) is 13.6. The predicted molar refractivity (Wildman–Crippen MR) is 104 cm³/mol. The second-order valence-corrected chi connectivity index (χ2v) is 9.59. The van der Waals surface area contributed by atoms with E-state index in [4.69, 9.17) is 4.42 Å². The van der Waals surface area contributed by atoms with E-state index in [9.17, 15) is 8.42 Å². The minimum Gasteiger partial charge on any atom is -0.420 e. The number of nitrogens with zero attached hydrogens (tertiary/aromatic N) is 3. The summed E-state index contributed by atoms with van der Waals surface area (Å²) >= 11 is 0. The number of hydrogen-bond acceptors (Lipinski definition) is 5. The summed E-state index contributed by atoms with van der Waals surface area (Å²) in [6, 6.07) is 18.4. The molecule has 3 aromatic rings. The van der Waals surface area contributed by atoms with Crippen molar-refractivity contribution in [2.24, 2.45) is 5.41 Å². The number of rotatable bonds is 4. The molecule has 6 nitrogen and oxygen atoms in total. The van der Waals surface area contributed by atoms with Crippen molar-refractivity contribution in [1.29, 1.82) is 0 Å². The van der Waals surface area contributed by atoms with Gasteiger partial charge in [-0.1, -0.05) is 36.4 Å². The highest BCUT2D eigenvalue weighted by atomic mass is 32.2. The molecule has 1 unspecified atom stereocenters. The van der Waals surface area contributed by atoms with Crippen molar-refractivity contribution < 1.29 is 12.8 Å². The molecule has 0 radical (unpaired) electrons. The van der Waals surface area contributed by atoms with Crippen LogP contribution >= 0.6 is 0 Å². The van der Waals surface area contributed by atoms with Gasteiger partial charge in [0.25, 0.3) is 0 Å². The molecule has 1 atom stereocenters. The highest BCUT2D eigenvalue weighted by Crippen LogP contribution is 2.64. The normalized spacial score (nSPS) is 21.6. The molecule has 2 aromatic carbocycles. The summed E-state index contributed by atoms with van der Waals surface area (Å²) < 4.78 is 33.2. The van der Waals surface area contributed by atoms with E-state index >= 15 is 0 Å². The van der Waals surface area contributed by atoms with Crippen molar-refractivity contribution in [1.82, 2.24) is 14.5 Å². The Labute approximate surface area is 164 Å². The summed E-state index contributed by atoms with van der Waals surface area (Å²) in [5.41, 5.74) is 1.02. The maximum absolute atomic E-state index is 12.8. The Balaban J connectivity index is 1.28. The lowest BCUT2D eigenvalue weighted by molar-refractivity contribution is 0.246. The van der Waals surface area contributed by atoms with Gasteiger partial charge in [0, 0.05) is 24.6 Å². The average molecular weight is 395 g/mol. The van der Waals surface area contributed by atoms with Gasteiger partial charge in [0.15, 0.2) is 0 Å². The molecule has 1 spiro atoms. The molecule has 2 heterocycles. The number of piperidine rings is 1. The van der Waals surface area contributed by atoms with Gasteiger partial charge in [0.05, 0.1) is 4.90 Å². The first kappa shape index (κ1) is 17.6. The van der Waals surface area contributed by atoms with E-state index < -0.39 is 10.0 Å². The largest absolute Gasteiger partial charge is 0.420 e. The van der Waals surface area contributed by atoms with Gasteiger partial charge < -0.3 is 4.42 Å². The van der Waals surface area contributed by atoms with E-state index in [1.54, 1.807) is 28.6 Å². The van der Waals surface area contributed by atoms with Crippen LogP contribution in [-0.4, -0.2) is 36.0 Å². The molecule has 0 bridgehead atoms. The first-order valence-corrected chi connectivity index (χ1v) is 11.0. The van der Waals surface area contributed by atoms with Crippen LogP contribution in [0.15, 0.2) is 70.0 Å². The van der Waals surface area contributed by atoms with Gasteiger partial charge in [-0.15, -0.1) is 10.2 Å². The van der Waals surface area contributed by atoms with E-state index in [0.29, 0.717) is 29.8 Å². The minimum absolute atomic E-state index is 0.100. The lowest BCUT2D eigenvalue weighted by Gasteiger charge is -2.31. The number of aromatic nitrogens is 2.